The molecule has 7 nitrogen and oxygen atoms in total. The normalized spacial score (nSPS) is 18.4. The Balaban J connectivity index is 1.67. The van der Waals surface area contributed by atoms with Crippen molar-refractivity contribution in [3.8, 4) is 5.69 Å². The summed E-state index contributed by atoms with van der Waals surface area (Å²) in [6.07, 6.45) is 7.61. The fourth-order valence-corrected chi connectivity index (χ4v) is 4.75. The molecule has 2 amide bonds. The molecule has 1 aromatic carbocycles. The average Bonchev–Trinajstić information content (AvgIpc) is 3.20. The van der Waals surface area contributed by atoms with E-state index < -0.39 is 17.7 Å². The molecule has 0 unspecified atom stereocenters. The number of para-hydroxylation sites is 1. The zero-order chi connectivity index (χ0) is 25.2. The van der Waals surface area contributed by atoms with Crippen LogP contribution in [-0.2, 0) is 4.74 Å². The molecule has 1 aromatic heterocycles. The number of benzene rings is 1. The number of aromatic nitrogens is 1. The number of hydrogen-bond donors (Lipinski definition) is 1. The van der Waals surface area contributed by atoms with E-state index in [9.17, 15) is 14.7 Å². The van der Waals surface area contributed by atoms with Crippen molar-refractivity contribution in [2.24, 2.45) is 0 Å². The van der Waals surface area contributed by atoms with Crippen LogP contribution in [0.2, 0.25) is 0 Å². The number of rotatable bonds is 4. The third kappa shape index (κ3) is 5.35. The Labute approximate surface area is 207 Å². The SMILES string of the molecule is Cc1cc(C(=O)N2CCN(C(=O)OC(C)(C)C)C[C@H]2CO)c(C2=CC=CCC2)n1-c1ccccc1. The molecule has 2 aromatic rings. The second-order valence-corrected chi connectivity index (χ2v) is 10.1. The van der Waals surface area contributed by atoms with Crippen LogP contribution in [0.5, 0.6) is 0 Å². The Morgan fingerprint density at radius 3 is 2.51 bits per heavy atom. The van der Waals surface area contributed by atoms with Crippen LogP contribution >= 0.6 is 0 Å². The number of carbonyl (C=O) groups excluding carboxylic acids is 2. The molecule has 1 aliphatic carbocycles. The van der Waals surface area contributed by atoms with E-state index in [4.69, 9.17) is 4.74 Å². The summed E-state index contributed by atoms with van der Waals surface area (Å²) >= 11 is 0. The van der Waals surface area contributed by atoms with Gasteiger partial charge in [0.1, 0.15) is 5.60 Å². The molecule has 186 valence electrons. The summed E-state index contributed by atoms with van der Waals surface area (Å²) in [5, 5.41) is 10.1. The molecule has 7 heteroatoms. The van der Waals surface area contributed by atoms with Gasteiger partial charge in [0.15, 0.2) is 0 Å². The molecule has 2 heterocycles. The minimum atomic E-state index is -0.603. The Hall–Kier alpha value is -3.32. The highest BCUT2D eigenvalue weighted by Gasteiger charge is 2.36. The van der Waals surface area contributed by atoms with Crippen LogP contribution in [0, 0.1) is 6.92 Å². The number of amides is 2. The van der Waals surface area contributed by atoms with Crippen molar-refractivity contribution in [3.05, 3.63) is 71.6 Å². The van der Waals surface area contributed by atoms with Crippen molar-refractivity contribution in [2.75, 3.05) is 26.2 Å². The van der Waals surface area contributed by atoms with E-state index in [1.54, 1.807) is 9.80 Å². The number of carbonyl (C=O) groups is 2. The molecule has 1 aliphatic heterocycles. The maximum atomic E-state index is 14.0. The predicted octanol–water partition coefficient (Wildman–Crippen LogP) is 4.57. The van der Waals surface area contributed by atoms with Crippen molar-refractivity contribution in [1.29, 1.82) is 0 Å². The van der Waals surface area contributed by atoms with E-state index in [1.165, 1.54) is 0 Å². The maximum absolute atomic E-state index is 14.0. The van der Waals surface area contributed by atoms with Crippen LogP contribution in [-0.4, -0.2) is 69.4 Å². The maximum Gasteiger partial charge on any atom is 0.410 e. The molecular weight excluding hydrogens is 442 g/mol. The Morgan fingerprint density at radius 2 is 1.89 bits per heavy atom. The summed E-state index contributed by atoms with van der Waals surface area (Å²) in [6.45, 7) is 8.17. The van der Waals surface area contributed by atoms with Gasteiger partial charge in [-0.1, -0.05) is 36.4 Å². The van der Waals surface area contributed by atoms with Crippen LogP contribution < -0.4 is 0 Å². The number of hydrogen-bond acceptors (Lipinski definition) is 4. The van der Waals surface area contributed by atoms with E-state index in [1.807, 2.05) is 70.2 Å². The molecule has 1 N–H and O–H groups in total. The largest absolute Gasteiger partial charge is 0.444 e. The van der Waals surface area contributed by atoms with E-state index in [0.29, 0.717) is 18.7 Å². The first-order valence-electron chi connectivity index (χ1n) is 12.2. The standard InChI is InChI=1S/C28H35N3O4/c1-20-17-24(25(21-11-7-5-8-12-21)31(20)22-13-9-6-10-14-22)26(33)30-16-15-29(18-23(30)19-32)27(34)35-28(2,3)4/h5-7,9-11,13-14,17,23,32H,8,12,15-16,18-19H2,1-4H3/t23-/m0/s1. The molecule has 1 fully saturated rings. The van der Waals surface area contributed by atoms with Gasteiger partial charge in [0.25, 0.3) is 5.91 Å². The highest BCUT2D eigenvalue weighted by atomic mass is 16.6. The first-order chi connectivity index (χ1) is 16.7. The van der Waals surface area contributed by atoms with Gasteiger partial charge in [-0.05, 0) is 64.3 Å². The molecular formula is C28H35N3O4. The topological polar surface area (TPSA) is 75.0 Å². The van der Waals surface area contributed by atoms with Gasteiger partial charge in [0.2, 0.25) is 0 Å². The van der Waals surface area contributed by atoms with Crippen molar-refractivity contribution in [3.63, 3.8) is 0 Å². The van der Waals surface area contributed by atoms with Gasteiger partial charge in [0.05, 0.1) is 23.9 Å². The monoisotopic (exact) mass is 477 g/mol. The highest BCUT2D eigenvalue weighted by molar-refractivity contribution is 6.00. The molecule has 0 radical (unpaired) electrons. The van der Waals surface area contributed by atoms with Crippen LogP contribution in [0.4, 0.5) is 4.79 Å². The molecule has 4 rings (SSSR count). The predicted molar refractivity (Wildman–Crippen MR) is 137 cm³/mol. The fraction of sp³-hybridized carbons (Fsp3) is 0.429. The lowest BCUT2D eigenvalue weighted by atomic mass is 9.98. The summed E-state index contributed by atoms with van der Waals surface area (Å²) in [4.78, 5) is 29.8. The Kier molecular flexibility index (Phi) is 7.17. The molecule has 1 saturated heterocycles. The number of aliphatic hydroxyl groups is 1. The summed E-state index contributed by atoms with van der Waals surface area (Å²) < 4.78 is 7.64. The third-order valence-electron chi connectivity index (χ3n) is 6.35. The molecule has 0 saturated carbocycles. The summed E-state index contributed by atoms with van der Waals surface area (Å²) in [5.41, 5.74) is 4.00. The van der Waals surface area contributed by atoms with Gasteiger partial charge in [-0.15, -0.1) is 0 Å². The average molecular weight is 478 g/mol. The lowest BCUT2D eigenvalue weighted by molar-refractivity contribution is -0.00243. The van der Waals surface area contributed by atoms with E-state index in [2.05, 4.69) is 16.7 Å². The smallest absolute Gasteiger partial charge is 0.410 e. The Bertz CT molecular complexity index is 1140. The van der Waals surface area contributed by atoms with Crippen LogP contribution in [0.25, 0.3) is 11.3 Å². The number of ether oxygens (including phenoxy) is 1. The first kappa shape index (κ1) is 24.8. The van der Waals surface area contributed by atoms with Gasteiger partial charge in [-0.2, -0.15) is 0 Å². The van der Waals surface area contributed by atoms with E-state index in [0.717, 1.165) is 35.5 Å². The van der Waals surface area contributed by atoms with Crippen molar-refractivity contribution in [1.82, 2.24) is 14.4 Å². The molecule has 1 atom stereocenters. The summed E-state index contributed by atoms with van der Waals surface area (Å²) in [7, 11) is 0. The lowest BCUT2D eigenvalue weighted by Gasteiger charge is -2.41. The van der Waals surface area contributed by atoms with Crippen molar-refractivity contribution >= 4 is 17.6 Å². The van der Waals surface area contributed by atoms with Gasteiger partial charge in [0, 0.05) is 31.0 Å². The first-order valence-corrected chi connectivity index (χ1v) is 12.2. The summed E-state index contributed by atoms with van der Waals surface area (Å²) in [6, 6.07) is 11.5. The molecule has 2 aliphatic rings. The lowest BCUT2D eigenvalue weighted by Crippen LogP contribution is -2.58. The van der Waals surface area contributed by atoms with E-state index in [-0.39, 0.29) is 19.1 Å². The highest BCUT2D eigenvalue weighted by Crippen LogP contribution is 2.33. The van der Waals surface area contributed by atoms with Crippen LogP contribution in [0.1, 0.15) is 55.4 Å². The second kappa shape index (κ2) is 10.1. The zero-order valence-corrected chi connectivity index (χ0v) is 21.0. The minimum Gasteiger partial charge on any atom is -0.444 e. The molecule has 0 bridgehead atoms. The number of allylic oxidation sites excluding steroid dienone is 4. The number of aliphatic hydroxyl groups excluding tert-OH is 1. The van der Waals surface area contributed by atoms with Gasteiger partial charge in [-0.3, -0.25) is 4.79 Å². The zero-order valence-electron chi connectivity index (χ0n) is 21.0. The number of aryl methyl sites for hydroxylation is 1. The number of piperazine rings is 1. The van der Waals surface area contributed by atoms with Crippen LogP contribution in [0.3, 0.4) is 0 Å². The molecule has 35 heavy (non-hydrogen) atoms. The quantitative estimate of drug-likeness (QED) is 0.700. The third-order valence-corrected chi connectivity index (χ3v) is 6.35. The van der Waals surface area contributed by atoms with E-state index >= 15 is 0 Å². The van der Waals surface area contributed by atoms with Crippen LogP contribution in [0.15, 0.2) is 54.6 Å². The fourth-order valence-electron chi connectivity index (χ4n) is 4.75. The van der Waals surface area contributed by atoms with Gasteiger partial charge >= 0.3 is 6.09 Å². The number of nitrogens with zero attached hydrogens (tertiary/aromatic N) is 3. The van der Waals surface area contributed by atoms with Gasteiger partial charge in [-0.25, -0.2) is 4.79 Å². The minimum absolute atomic E-state index is 0.129. The van der Waals surface area contributed by atoms with Crippen molar-refractivity contribution in [2.45, 2.75) is 52.2 Å². The summed E-state index contributed by atoms with van der Waals surface area (Å²) in [5.74, 6) is -0.129. The Morgan fingerprint density at radius 1 is 1.14 bits per heavy atom. The van der Waals surface area contributed by atoms with Gasteiger partial charge < -0.3 is 24.2 Å². The van der Waals surface area contributed by atoms with Crippen molar-refractivity contribution < 1.29 is 19.4 Å². The molecule has 0 spiro atoms. The second-order valence-electron chi connectivity index (χ2n) is 10.1.